The molecule has 1 N–H and O–H groups in total. The number of hydrogen-bond acceptors (Lipinski definition) is 4. The predicted molar refractivity (Wildman–Crippen MR) is 80.3 cm³/mol. The molecule has 21 heavy (non-hydrogen) atoms. The van der Waals surface area contributed by atoms with E-state index < -0.39 is 5.97 Å². The Hall–Kier alpha value is -2.04. The molecule has 0 saturated heterocycles. The Morgan fingerprint density at radius 3 is 2.57 bits per heavy atom. The van der Waals surface area contributed by atoms with Gasteiger partial charge in [0.25, 0.3) is 5.91 Å². The molecule has 0 aliphatic rings. The molecule has 5 heteroatoms. The molecule has 1 aromatic carbocycles. The van der Waals surface area contributed by atoms with E-state index in [1.54, 1.807) is 31.2 Å². The summed E-state index contributed by atoms with van der Waals surface area (Å²) in [6, 6.07) is 6.69. The van der Waals surface area contributed by atoms with E-state index in [1.165, 1.54) is 0 Å². The fraction of sp³-hybridized carbons (Fsp3) is 0.500. The van der Waals surface area contributed by atoms with Crippen LogP contribution in [0.15, 0.2) is 24.3 Å². The van der Waals surface area contributed by atoms with Crippen LogP contribution < -0.4 is 10.1 Å². The van der Waals surface area contributed by atoms with Crippen LogP contribution in [0.5, 0.6) is 5.75 Å². The van der Waals surface area contributed by atoms with E-state index in [0.29, 0.717) is 23.8 Å². The van der Waals surface area contributed by atoms with Gasteiger partial charge in [0.1, 0.15) is 5.75 Å². The van der Waals surface area contributed by atoms with E-state index in [1.807, 2.05) is 20.8 Å². The lowest BCUT2D eigenvalue weighted by molar-refractivity contribution is -0.124. The number of carbonyl (C=O) groups is 2. The summed E-state index contributed by atoms with van der Waals surface area (Å²) >= 11 is 0. The van der Waals surface area contributed by atoms with Crippen molar-refractivity contribution in [3.8, 4) is 5.75 Å². The zero-order valence-corrected chi connectivity index (χ0v) is 13.0. The molecule has 116 valence electrons. The number of rotatable bonds is 7. The molecule has 0 unspecified atom stereocenters. The van der Waals surface area contributed by atoms with E-state index in [4.69, 9.17) is 9.47 Å². The average molecular weight is 293 g/mol. The largest absolute Gasteiger partial charge is 0.484 e. The van der Waals surface area contributed by atoms with E-state index in [2.05, 4.69) is 5.32 Å². The normalized spacial score (nSPS) is 11.9. The van der Waals surface area contributed by atoms with Gasteiger partial charge in [0.2, 0.25) is 0 Å². The fourth-order valence-electron chi connectivity index (χ4n) is 1.54. The third kappa shape index (κ3) is 5.85. The molecule has 0 fully saturated rings. The minimum atomic E-state index is -0.402. The number of carbonyl (C=O) groups excluding carboxylic acids is 2. The highest BCUT2D eigenvalue weighted by atomic mass is 16.5. The first-order chi connectivity index (χ1) is 9.93. The second kappa shape index (κ2) is 8.29. The molecule has 0 radical (unpaired) electrons. The quantitative estimate of drug-likeness (QED) is 0.784. The Bertz CT molecular complexity index is 485. The van der Waals surface area contributed by atoms with Gasteiger partial charge in [0, 0.05) is 6.04 Å². The van der Waals surface area contributed by atoms with Gasteiger partial charge in [-0.3, -0.25) is 4.79 Å². The lowest BCUT2D eigenvalue weighted by Gasteiger charge is -2.17. The number of benzene rings is 1. The van der Waals surface area contributed by atoms with Crippen LogP contribution in [0.1, 0.15) is 38.1 Å². The van der Waals surface area contributed by atoms with Gasteiger partial charge in [-0.25, -0.2) is 4.79 Å². The molecule has 0 bridgehead atoms. The Kier molecular flexibility index (Phi) is 6.72. The molecule has 1 atom stereocenters. The zero-order chi connectivity index (χ0) is 15.8. The SMILES string of the molecule is CCOC(=O)c1cccc(OCC(=O)N[C@@H](C)C(C)C)c1. The molecule has 5 nitrogen and oxygen atoms in total. The Labute approximate surface area is 125 Å². The van der Waals surface area contributed by atoms with Gasteiger partial charge in [0.15, 0.2) is 6.61 Å². The van der Waals surface area contributed by atoms with E-state index in [-0.39, 0.29) is 18.6 Å². The monoisotopic (exact) mass is 293 g/mol. The minimum Gasteiger partial charge on any atom is -0.484 e. The van der Waals surface area contributed by atoms with Crippen LogP contribution in [-0.2, 0) is 9.53 Å². The van der Waals surface area contributed by atoms with Crippen molar-refractivity contribution in [2.24, 2.45) is 5.92 Å². The van der Waals surface area contributed by atoms with Gasteiger partial charge in [-0.1, -0.05) is 19.9 Å². The van der Waals surface area contributed by atoms with Crippen molar-refractivity contribution < 1.29 is 19.1 Å². The van der Waals surface area contributed by atoms with Crippen LogP contribution in [0, 0.1) is 5.92 Å². The number of esters is 1. The molecule has 1 rings (SSSR count). The fourth-order valence-corrected chi connectivity index (χ4v) is 1.54. The average Bonchev–Trinajstić information content (AvgIpc) is 2.45. The molecule has 0 heterocycles. The van der Waals surface area contributed by atoms with Crippen LogP contribution in [-0.4, -0.2) is 31.1 Å². The van der Waals surface area contributed by atoms with Crippen LogP contribution in [0.25, 0.3) is 0 Å². The first-order valence-corrected chi connectivity index (χ1v) is 7.13. The third-order valence-corrected chi connectivity index (χ3v) is 3.10. The van der Waals surface area contributed by atoms with Crippen molar-refractivity contribution in [2.75, 3.05) is 13.2 Å². The Balaban J connectivity index is 2.54. The number of amides is 1. The summed E-state index contributed by atoms with van der Waals surface area (Å²) in [6.45, 7) is 8.01. The summed E-state index contributed by atoms with van der Waals surface area (Å²) in [5, 5.41) is 2.85. The maximum Gasteiger partial charge on any atom is 0.338 e. The molecule has 1 aromatic rings. The second-order valence-corrected chi connectivity index (χ2v) is 5.14. The predicted octanol–water partition coefficient (Wildman–Crippen LogP) is 2.40. The molecule has 1 amide bonds. The van der Waals surface area contributed by atoms with Crippen LogP contribution in [0.4, 0.5) is 0 Å². The smallest absolute Gasteiger partial charge is 0.338 e. The van der Waals surface area contributed by atoms with E-state index in [9.17, 15) is 9.59 Å². The molecule has 0 aliphatic carbocycles. The first-order valence-electron chi connectivity index (χ1n) is 7.13. The maximum absolute atomic E-state index is 11.7. The van der Waals surface area contributed by atoms with Gasteiger partial charge >= 0.3 is 5.97 Å². The number of nitrogens with one attached hydrogen (secondary N) is 1. The highest BCUT2D eigenvalue weighted by molar-refractivity contribution is 5.89. The van der Waals surface area contributed by atoms with E-state index >= 15 is 0 Å². The highest BCUT2D eigenvalue weighted by Gasteiger charge is 2.12. The summed E-state index contributed by atoms with van der Waals surface area (Å²) in [4.78, 5) is 23.3. The Morgan fingerprint density at radius 1 is 1.24 bits per heavy atom. The van der Waals surface area contributed by atoms with Gasteiger partial charge in [-0.2, -0.15) is 0 Å². The second-order valence-electron chi connectivity index (χ2n) is 5.14. The number of hydrogen-bond donors (Lipinski definition) is 1. The molecular weight excluding hydrogens is 270 g/mol. The Morgan fingerprint density at radius 2 is 1.95 bits per heavy atom. The molecule has 0 spiro atoms. The van der Waals surface area contributed by atoms with Crippen LogP contribution >= 0.6 is 0 Å². The topological polar surface area (TPSA) is 64.6 Å². The van der Waals surface area contributed by atoms with Crippen molar-refractivity contribution in [3.63, 3.8) is 0 Å². The lowest BCUT2D eigenvalue weighted by atomic mass is 10.1. The molecule has 0 aromatic heterocycles. The summed E-state index contributed by atoms with van der Waals surface area (Å²) < 4.78 is 10.3. The summed E-state index contributed by atoms with van der Waals surface area (Å²) in [5.74, 6) is 0.243. The van der Waals surface area contributed by atoms with Gasteiger partial charge < -0.3 is 14.8 Å². The highest BCUT2D eigenvalue weighted by Crippen LogP contribution is 2.14. The summed E-state index contributed by atoms with van der Waals surface area (Å²) in [5.41, 5.74) is 0.408. The van der Waals surface area contributed by atoms with E-state index in [0.717, 1.165) is 0 Å². The third-order valence-electron chi connectivity index (χ3n) is 3.10. The first kappa shape index (κ1) is 17.0. The van der Waals surface area contributed by atoms with Crippen LogP contribution in [0.3, 0.4) is 0 Å². The van der Waals surface area contributed by atoms with Crippen molar-refractivity contribution >= 4 is 11.9 Å². The molecule has 0 aliphatic heterocycles. The van der Waals surface area contributed by atoms with Crippen molar-refractivity contribution in [1.29, 1.82) is 0 Å². The van der Waals surface area contributed by atoms with Crippen molar-refractivity contribution in [2.45, 2.75) is 33.7 Å². The van der Waals surface area contributed by atoms with Gasteiger partial charge in [-0.15, -0.1) is 0 Å². The number of ether oxygens (including phenoxy) is 2. The maximum atomic E-state index is 11.7. The van der Waals surface area contributed by atoms with Gasteiger partial charge in [-0.05, 0) is 38.0 Å². The molecular formula is C16H23NO4. The standard InChI is InChI=1S/C16H23NO4/c1-5-20-16(19)13-7-6-8-14(9-13)21-10-15(18)17-12(4)11(2)3/h6-9,11-12H,5,10H2,1-4H3,(H,17,18)/t12-/m0/s1. The van der Waals surface area contributed by atoms with Gasteiger partial charge in [0.05, 0.1) is 12.2 Å². The van der Waals surface area contributed by atoms with Crippen LogP contribution in [0.2, 0.25) is 0 Å². The zero-order valence-electron chi connectivity index (χ0n) is 13.0. The van der Waals surface area contributed by atoms with Crippen molar-refractivity contribution in [3.05, 3.63) is 29.8 Å². The summed E-state index contributed by atoms with van der Waals surface area (Å²) in [7, 11) is 0. The van der Waals surface area contributed by atoms with Crippen molar-refractivity contribution in [1.82, 2.24) is 5.32 Å². The lowest BCUT2D eigenvalue weighted by Crippen LogP contribution is -2.38. The minimum absolute atomic E-state index is 0.0800. The summed E-state index contributed by atoms with van der Waals surface area (Å²) in [6.07, 6.45) is 0. The molecule has 0 saturated carbocycles.